The number of rotatable bonds is 4. The normalized spacial score (nSPS) is 29.1. The maximum atomic E-state index is 5.73. The van der Waals surface area contributed by atoms with Gasteiger partial charge in [0, 0.05) is 6.04 Å². The molecule has 1 unspecified atom stereocenters. The average molecular weight is 226 g/mol. The van der Waals surface area contributed by atoms with Crippen LogP contribution in [0.4, 0.5) is 0 Å². The molecular weight excluding hydrogens is 196 g/mol. The Balaban J connectivity index is 2.45. The van der Waals surface area contributed by atoms with Crippen LogP contribution in [0.1, 0.15) is 66.2 Å². The molecule has 0 heterocycles. The van der Waals surface area contributed by atoms with Gasteiger partial charge in [-0.15, -0.1) is 0 Å². The Bertz CT molecular complexity index is 187. The van der Waals surface area contributed by atoms with E-state index in [-0.39, 0.29) is 5.41 Å². The molecule has 0 aromatic heterocycles. The number of hydrogen-bond acceptors (Lipinski definition) is 2. The summed E-state index contributed by atoms with van der Waals surface area (Å²) in [5.41, 5.74) is 3.33. The van der Waals surface area contributed by atoms with Crippen molar-refractivity contribution in [3.8, 4) is 0 Å². The van der Waals surface area contributed by atoms with Gasteiger partial charge in [-0.3, -0.25) is 11.3 Å². The van der Waals surface area contributed by atoms with E-state index in [4.69, 9.17) is 5.84 Å². The lowest BCUT2D eigenvalue weighted by Crippen LogP contribution is -2.50. The fourth-order valence-corrected chi connectivity index (χ4v) is 3.31. The zero-order valence-electron chi connectivity index (χ0n) is 11.6. The van der Waals surface area contributed by atoms with Gasteiger partial charge in [0.05, 0.1) is 0 Å². The molecule has 96 valence electrons. The van der Waals surface area contributed by atoms with Gasteiger partial charge < -0.3 is 0 Å². The summed E-state index contributed by atoms with van der Waals surface area (Å²) in [4.78, 5) is 0. The minimum Gasteiger partial charge on any atom is -0.271 e. The smallest absolute Gasteiger partial charge is 0.0287 e. The molecule has 0 saturated heterocycles. The van der Waals surface area contributed by atoms with Gasteiger partial charge in [0.25, 0.3) is 0 Å². The van der Waals surface area contributed by atoms with Crippen molar-refractivity contribution in [3.05, 3.63) is 0 Å². The van der Waals surface area contributed by atoms with Crippen molar-refractivity contribution < 1.29 is 0 Å². The lowest BCUT2D eigenvalue weighted by atomic mass is 9.70. The Morgan fingerprint density at radius 2 is 1.75 bits per heavy atom. The molecule has 0 bridgehead atoms. The molecule has 0 aromatic rings. The number of hydrazine groups is 1. The first kappa shape index (κ1) is 14.0. The highest BCUT2D eigenvalue weighted by molar-refractivity contribution is 4.88. The van der Waals surface area contributed by atoms with Crippen molar-refractivity contribution in [2.24, 2.45) is 23.1 Å². The Morgan fingerprint density at radius 1 is 1.19 bits per heavy atom. The third kappa shape index (κ3) is 3.74. The van der Waals surface area contributed by atoms with Crippen molar-refractivity contribution in [2.75, 3.05) is 0 Å². The summed E-state index contributed by atoms with van der Waals surface area (Å²) in [5.74, 6) is 7.49. The lowest BCUT2D eigenvalue weighted by Gasteiger charge is -2.40. The standard InChI is InChI=1S/C14H30N2/c1-5-6-11-7-9-12(10-8-11)13(16-15)14(2,3)4/h11-13,16H,5-10,15H2,1-4H3. The molecule has 0 amide bonds. The van der Waals surface area contributed by atoms with Crippen LogP contribution in [-0.2, 0) is 0 Å². The SMILES string of the molecule is CCCC1CCC(C(NN)C(C)(C)C)CC1. The minimum absolute atomic E-state index is 0.275. The van der Waals surface area contributed by atoms with E-state index in [0.717, 1.165) is 11.8 Å². The van der Waals surface area contributed by atoms with E-state index in [1.54, 1.807) is 0 Å². The summed E-state index contributed by atoms with van der Waals surface area (Å²) in [5, 5.41) is 0. The highest BCUT2D eigenvalue weighted by atomic mass is 15.2. The van der Waals surface area contributed by atoms with Crippen molar-refractivity contribution >= 4 is 0 Å². The summed E-state index contributed by atoms with van der Waals surface area (Å²) in [6, 6.07) is 0.468. The second-order valence-electron chi connectivity index (χ2n) is 6.58. The number of nitrogens with two attached hydrogens (primary N) is 1. The summed E-state index contributed by atoms with van der Waals surface area (Å²) in [7, 11) is 0. The molecule has 2 nitrogen and oxygen atoms in total. The number of hydrogen-bond donors (Lipinski definition) is 2. The van der Waals surface area contributed by atoms with E-state index >= 15 is 0 Å². The first-order chi connectivity index (χ1) is 7.49. The van der Waals surface area contributed by atoms with Crippen LogP contribution in [0.25, 0.3) is 0 Å². The van der Waals surface area contributed by atoms with Gasteiger partial charge in [0.15, 0.2) is 0 Å². The fraction of sp³-hybridized carbons (Fsp3) is 1.00. The Labute approximate surface area is 101 Å². The molecule has 3 N–H and O–H groups in total. The van der Waals surface area contributed by atoms with Gasteiger partial charge >= 0.3 is 0 Å². The van der Waals surface area contributed by atoms with Gasteiger partial charge in [-0.25, -0.2) is 0 Å². The first-order valence-electron chi connectivity index (χ1n) is 6.95. The quantitative estimate of drug-likeness (QED) is 0.569. The van der Waals surface area contributed by atoms with Crippen LogP contribution in [0.2, 0.25) is 0 Å². The highest BCUT2D eigenvalue weighted by Crippen LogP contribution is 2.37. The molecule has 1 atom stereocenters. The van der Waals surface area contributed by atoms with Crippen molar-refractivity contribution in [1.29, 1.82) is 0 Å². The topological polar surface area (TPSA) is 38.0 Å². The Hall–Kier alpha value is -0.0800. The summed E-state index contributed by atoms with van der Waals surface area (Å²) in [6.07, 6.45) is 8.29. The Morgan fingerprint density at radius 3 is 2.12 bits per heavy atom. The van der Waals surface area contributed by atoms with Crippen LogP contribution < -0.4 is 11.3 Å². The molecule has 16 heavy (non-hydrogen) atoms. The molecule has 1 fully saturated rings. The van der Waals surface area contributed by atoms with Crippen molar-refractivity contribution in [1.82, 2.24) is 5.43 Å². The number of nitrogens with one attached hydrogen (secondary N) is 1. The molecule has 0 spiro atoms. The Kier molecular flexibility index (Phi) is 5.26. The zero-order chi connectivity index (χ0) is 12.2. The monoisotopic (exact) mass is 226 g/mol. The zero-order valence-corrected chi connectivity index (χ0v) is 11.6. The van der Waals surface area contributed by atoms with E-state index < -0.39 is 0 Å². The van der Waals surface area contributed by atoms with Gasteiger partial charge in [0.1, 0.15) is 0 Å². The molecule has 1 aliphatic rings. The van der Waals surface area contributed by atoms with Gasteiger partial charge in [0.2, 0.25) is 0 Å². The highest BCUT2D eigenvalue weighted by Gasteiger charge is 2.33. The molecule has 2 heteroatoms. The molecule has 0 aliphatic heterocycles. The minimum atomic E-state index is 0.275. The van der Waals surface area contributed by atoms with Crippen LogP contribution in [0.5, 0.6) is 0 Å². The fourth-order valence-electron chi connectivity index (χ4n) is 3.31. The molecule has 1 rings (SSSR count). The maximum absolute atomic E-state index is 5.73. The lowest BCUT2D eigenvalue weighted by molar-refractivity contribution is 0.136. The van der Waals surface area contributed by atoms with Crippen LogP contribution in [0, 0.1) is 17.3 Å². The maximum Gasteiger partial charge on any atom is 0.0287 e. The first-order valence-corrected chi connectivity index (χ1v) is 6.95. The predicted molar refractivity (Wildman–Crippen MR) is 70.9 cm³/mol. The van der Waals surface area contributed by atoms with E-state index in [2.05, 4.69) is 33.1 Å². The summed E-state index contributed by atoms with van der Waals surface area (Å²) >= 11 is 0. The average Bonchev–Trinajstić information content (AvgIpc) is 2.20. The van der Waals surface area contributed by atoms with E-state index in [0.29, 0.717) is 6.04 Å². The van der Waals surface area contributed by atoms with Gasteiger partial charge in [-0.05, 0) is 30.1 Å². The van der Waals surface area contributed by atoms with Gasteiger partial charge in [-0.2, -0.15) is 0 Å². The molecular formula is C14H30N2. The van der Waals surface area contributed by atoms with E-state index in [1.807, 2.05) is 0 Å². The molecule has 0 aromatic carbocycles. The summed E-state index contributed by atoms with van der Waals surface area (Å²) in [6.45, 7) is 9.16. The largest absolute Gasteiger partial charge is 0.271 e. The molecule has 1 saturated carbocycles. The van der Waals surface area contributed by atoms with Crippen LogP contribution >= 0.6 is 0 Å². The third-order valence-corrected chi connectivity index (χ3v) is 4.17. The van der Waals surface area contributed by atoms with Crippen LogP contribution in [0.3, 0.4) is 0 Å². The van der Waals surface area contributed by atoms with Crippen molar-refractivity contribution in [3.63, 3.8) is 0 Å². The third-order valence-electron chi connectivity index (χ3n) is 4.17. The van der Waals surface area contributed by atoms with Crippen molar-refractivity contribution in [2.45, 2.75) is 72.3 Å². The van der Waals surface area contributed by atoms with Crippen LogP contribution in [-0.4, -0.2) is 6.04 Å². The van der Waals surface area contributed by atoms with E-state index in [9.17, 15) is 0 Å². The molecule has 1 aliphatic carbocycles. The molecule has 0 radical (unpaired) electrons. The second-order valence-corrected chi connectivity index (χ2v) is 6.58. The predicted octanol–water partition coefficient (Wildman–Crippen LogP) is 3.47. The second kappa shape index (κ2) is 6.02. The van der Waals surface area contributed by atoms with Gasteiger partial charge in [-0.1, -0.05) is 53.4 Å². The van der Waals surface area contributed by atoms with Crippen LogP contribution in [0.15, 0.2) is 0 Å². The summed E-state index contributed by atoms with van der Waals surface area (Å²) < 4.78 is 0. The van der Waals surface area contributed by atoms with E-state index in [1.165, 1.54) is 38.5 Å².